The van der Waals surface area contributed by atoms with E-state index < -0.39 is 8.32 Å². The first-order valence-electron chi connectivity index (χ1n) is 10.3. The Morgan fingerprint density at radius 3 is 1.97 bits per heavy atom. The second-order valence-corrected chi connectivity index (χ2v) is 14.5. The molecule has 0 spiro atoms. The van der Waals surface area contributed by atoms with Crippen LogP contribution in [0.1, 0.15) is 33.6 Å². The lowest BCUT2D eigenvalue weighted by atomic mass is 9.97. The topological polar surface area (TPSA) is 35.5 Å². The summed E-state index contributed by atoms with van der Waals surface area (Å²) in [5.74, 6) is -0.0703. The van der Waals surface area contributed by atoms with Crippen LogP contribution in [0.2, 0.25) is 5.04 Å². The van der Waals surface area contributed by atoms with Gasteiger partial charge in [0.1, 0.15) is 0 Å². The molecule has 0 heterocycles. The number of carbonyl (C=O) groups is 1. The summed E-state index contributed by atoms with van der Waals surface area (Å²) < 4.78 is 12.1. The van der Waals surface area contributed by atoms with E-state index in [1.807, 2.05) is 0 Å². The Bertz CT molecular complexity index is 764. The molecule has 0 radical (unpaired) electrons. The van der Waals surface area contributed by atoms with E-state index in [-0.39, 0.29) is 22.8 Å². The van der Waals surface area contributed by atoms with Crippen molar-refractivity contribution >= 4 is 40.6 Å². The van der Waals surface area contributed by atoms with Crippen molar-refractivity contribution in [2.24, 2.45) is 11.8 Å². The van der Waals surface area contributed by atoms with E-state index in [2.05, 4.69) is 97.4 Å². The van der Waals surface area contributed by atoms with E-state index in [1.54, 1.807) is 0 Å². The van der Waals surface area contributed by atoms with Gasteiger partial charge in [-0.15, -0.1) is 0 Å². The minimum Gasteiger partial charge on any atom is -0.469 e. The molecule has 0 N–H and O–H groups in total. The Morgan fingerprint density at radius 2 is 1.52 bits per heavy atom. The molecule has 0 bridgehead atoms. The molecule has 3 atom stereocenters. The first kappa shape index (κ1) is 22.3. The van der Waals surface area contributed by atoms with Crippen molar-refractivity contribution in [3.63, 3.8) is 0 Å². The Kier molecular flexibility index (Phi) is 7.02. The smallest absolute Gasteiger partial charge is 0.309 e. The average molecular weight is 475 g/mol. The average Bonchev–Trinajstić information content (AvgIpc) is 3.09. The molecule has 0 saturated heterocycles. The number of hydrogen-bond acceptors (Lipinski definition) is 3. The van der Waals surface area contributed by atoms with Crippen LogP contribution < -0.4 is 10.4 Å². The lowest BCUT2D eigenvalue weighted by molar-refractivity contribution is -0.147. The Labute approximate surface area is 184 Å². The minimum atomic E-state index is -2.58. The lowest BCUT2D eigenvalue weighted by Crippen LogP contribution is -2.67. The third-order valence-corrected chi connectivity index (χ3v) is 11.8. The molecule has 1 fully saturated rings. The molecular formula is C24H31BrO3Si. The largest absolute Gasteiger partial charge is 0.469 e. The summed E-state index contributed by atoms with van der Waals surface area (Å²) in [6.45, 7) is 7.39. The third kappa shape index (κ3) is 4.52. The molecule has 1 saturated carbocycles. The number of methoxy groups -OCH3 is 1. The molecule has 3 nitrogen and oxygen atoms in total. The van der Waals surface area contributed by atoms with Gasteiger partial charge in [0.25, 0.3) is 8.32 Å². The highest BCUT2D eigenvalue weighted by molar-refractivity contribution is 9.09. The molecule has 29 heavy (non-hydrogen) atoms. The zero-order valence-electron chi connectivity index (χ0n) is 17.7. The predicted molar refractivity (Wildman–Crippen MR) is 125 cm³/mol. The van der Waals surface area contributed by atoms with E-state index in [4.69, 9.17) is 9.16 Å². The summed E-state index contributed by atoms with van der Waals surface area (Å²) in [6.07, 6.45) is 1.74. The molecular weight excluding hydrogens is 444 g/mol. The number of esters is 1. The second-order valence-electron chi connectivity index (χ2n) is 8.93. The fourth-order valence-electron chi connectivity index (χ4n) is 4.67. The minimum absolute atomic E-state index is 0.0666. The zero-order valence-corrected chi connectivity index (χ0v) is 20.3. The first-order valence-corrected chi connectivity index (χ1v) is 13.1. The number of halogens is 1. The van der Waals surface area contributed by atoms with Crippen molar-refractivity contribution < 1.29 is 14.0 Å². The van der Waals surface area contributed by atoms with Gasteiger partial charge in [0.15, 0.2) is 0 Å². The summed E-state index contributed by atoms with van der Waals surface area (Å²) in [6, 6.07) is 21.3. The van der Waals surface area contributed by atoms with Crippen LogP contribution in [0, 0.1) is 11.8 Å². The van der Waals surface area contributed by atoms with Gasteiger partial charge in [-0.1, -0.05) is 97.4 Å². The number of alkyl halides is 1. The standard InChI is InChI=1S/C24H31BrO3Si/c1-24(2,3)29(20-11-7-5-8-12-20,21-13-9-6-10-14-21)28-17-18-15-19(25)16-22(18)23(26)27-4/h5-14,18-19,22H,15-17H2,1-4H3/t18-,19+,22+/m1/s1. The number of benzene rings is 2. The van der Waals surface area contributed by atoms with Gasteiger partial charge in [-0.05, 0) is 34.2 Å². The summed E-state index contributed by atoms with van der Waals surface area (Å²) in [7, 11) is -1.10. The van der Waals surface area contributed by atoms with Gasteiger partial charge in [0.05, 0.1) is 13.0 Å². The summed E-state index contributed by atoms with van der Waals surface area (Å²) >= 11 is 3.71. The van der Waals surface area contributed by atoms with Gasteiger partial charge in [-0.3, -0.25) is 4.79 Å². The van der Waals surface area contributed by atoms with Crippen LogP contribution in [0.15, 0.2) is 60.7 Å². The molecule has 1 aliphatic carbocycles. The SMILES string of the molecule is COC(=O)[C@H]1C[C@@H](Br)C[C@@H]1CO[Si](c1ccccc1)(c1ccccc1)C(C)(C)C. The molecule has 5 heteroatoms. The maximum absolute atomic E-state index is 12.3. The molecule has 0 unspecified atom stereocenters. The molecule has 2 aromatic carbocycles. The number of rotatable bonds is 6. The van der Waals surface area contributed by atoms with Crippen molar-refractivity contribution in [3.8, 4) is 0 Å². The van der Waals surface area contributed by atoms with Gasteiger partial charge in [-0.2, -0.15) is 0 Å². The maximum atomic E-state index is 12.3. The monoisotopic (exact) mass is 474 g/mol. The zero-order chi connectivity index (χ0) is 21.1. The van der Waals surface area contributed by atoms with E-state index in [9.17, 15) is 4.79 Å². The van der Waals surface area contributed by atoms with Crippen LogP contribution in [0.4, 0.5) is 0 Å². The number of carbonyl (C=O) groups excluding carboxylic acids is 1. The highest BCUT2D eigenvalue weighted by Gasteiger charge is 2.51. The second kappa shape index (κ2) is 9.15. The van der Waals surface area contributed by atoms with Crippen LogP contribution >= 0.6 is 15.9 Å². The van der Waals surface area contributed by atoms with Crippen molar-refractivity contribution in [2.45, 2.75) is 43.5 Å². The molecule has 0 aliphatic heterocycles. The normalized spacial score (nSPS) is 22.4. The maximum Gasteiger partial charge on any atom is 0.309 e. The summed E-state index contributed by atoms with van der Waals surface area (Å²) in [5.41, 5.74) is 0. The molecule has 0 aromatic heterocycles. The molecule has 156 valence electrons. The van der Waals surface area contributed by atoms with Crippen LogP contribution in [0.5, 0.6) is 0 Å². The molecule has 0 amide bonds. The van der Waals surface area contributed by atoms with Crippen LogP contribution in [-0.4, -0.2) is 32.8 Å². The van der Waals surface area contributed by atoms with Gasteiger partial charge in [0, 0.05) is 11.4 Å². The highest BCUT2D eigenvalue weighted by Crippen LogP contribution is 2.41. The summed E-state index contributed by atoms with van der Waals surface area (Å²) in [5, 5.41) is 2.46. The quantitative estimate of drug-likeness (QED) is 0.350. The van der Waals surface area contributed by atoms with Crippen LogP contribution in [0.25, 0.3) is 0 Å². The van der Waals surface area contributed by atoms with E-state index in [0.717, 1.165) is 12.8 Å². The van der Waals surface area contributed by atoms with Crippen molar-refractivity contribution in [3.05, 3.63) is 60.7 Å². The molecule has 2 aromatic rings. The van der Waals surface area contributed by atoms with E-state index in [1.165, 1.54) is 17.5 Å². The van der Waals surface area contributed by atoms with Gasteiger partial charge in [-0.25, -0.2) is 0 Å². The number of ether oxygens (including phenoxy) is 1. The highest BCUT2D eigenvalue weighted by atomic mass is 79.9. The van der Waals surface area contributed by atoms with E-state index >= 15 is 0 Å². The Balaban J connectivity index is 2.01. The third-order valence-electron chi connectivity index (χ3n) is 6.07. The van der Waals surface area contributed by atoms with Crippen molar-refractivity contribution in [1.82, 2.24) is 0 Å². The Hall–Kier alpha value is -1.43. The fourth-order valence-corrected chi connectivity index (χ4v) is 10.2. The van der Waals surface area contributed by atoms with Gasteiger partial charge < -0.3 is 9.16 Å². The van der Waals surface area contributed by atoms with Crippen LogP contribution in [0.3, 0.4) is 0 Å². The first-order chi connectivity index (χ1) is 13.8. The molecule has 3 rings (SSSR count). The van der Waals surface area contributed by atoms with Crippen LogP contribution in [-0.2, 0) is 14.0 Å². The Morgan fingerprint density at radius 1 is 1.00 bits per heavy atom. The predicted octanol–water partition coefficient (Wildman–Crippen LogP) is 4.53. The molecule has 1 aliphatic rings. The lowest BCUT2D eigenvalue weighted by Gasteiger charge is -2.43. The number of hydrogen-bond donors (Lipinski definition) is 0. The van der Waals surface area contributed by atoms with Gasteiger partial charge >= 0.3 is 5.97 Å². The van der Waals surface area contributed by atoms with E-state index in [0.29, 0.717) is 11.4 Å². The van der Waals surface area contributed by atoms with Gasteiger partial charge in [0.2, 0.25) is 0 Å². The van der Waals surface area contributed by atoms with Crippen molar-refractivity contribution in [2.75, 3.05) is 13.7 Å². The summed E-state index contributed by atoms with van der Waals surface area (Å²) in [4.78, 5) is 12.7. The van der Waals surface area contributed by atoms with Crippen molar-refractivity contribution in [1.29, 1.82) is 0 Å². The fraction of sp³-hybridized carbons (Fsp3) is 0.458.